The average Bonchev–Trinajstić information content (AvgIpc) is 3.38. The van der Waals surface area contributed by atoms with Gasteiger partial charge >= 0.3 is 0 Å². The third-order valence-electron chi connectivity index (χ3n) is 5.48. The lowest BCUT2D eigenvalue weighted by Crippen LogP contribution is -2.56. The van der Waals surface area contributed by atoms with Gasteiger partial charge in [-0.05, 0) is 37.7 Å². The summed E-state index contributed by atoms with van der Waals surface area (Å²) >= 11 is 0. The van der Waals surface area contributed by atoms with Gasteiger partial charge in [-0.25, -0.2) is 4.39 Å². The first-order valence-electron chi connectivity index (χ1n) is 8.54. The van der Waals surface area contributed by atoms with Gasteiger partial charge in [-0.3, -0.25) is 14.9 Å². The van der Waals surface area contributed by atoms with Crippen LogP contribution in [0.3, 0.4) is 0 Å². The number of carbonyl (C=O) groups is 1. The minimum Gasteiger partial charge on any atom is -0.365 e. The number of nitro benzene ring substituents is 1. The molecule has 128 valence electrons. The van der Waals surface area contributed by atoms with Crippen molar-refractivity contribution in [1.29, 1.82) is 0 Å². The van der Waals surface area contributed by atoms with Gasteiger partial charge < -0.3 is 9.80 Å². The van der Waals surface area contributed by atoms with Gasteiger partial charge in [-0.15, -0.1) is 0 Å². The standard InChI is InChI=1S/C17H20FN3O3/c18-12-2-5-15(21(23)24)16(9-12)19-8-7-14-11(10-19)1-6-17(22)20(14)13-3-4-13/h2,5,9,11,13-14H,1,3-4,6-8,10H2/t11-,14-/m0/s1. The van der Waals surface area contributed by atoms with Crippen LogP contribution in [-0.2, 0) is 4.79 Å². The van der Waals surface area contributed by atoms with E-state index in [1.807, 2.05) is 4.90 Å². The molecule has 1 saturated carbocycles. The highest BCUT2D eigenvalue weighted by molar-refractivity contribution is 5.78. The van der Waals surface area contributed by atoms with Crippen molar-refractivity contribution < 1.29 is 14.1 Å². The number of carbonyl (C=O) groups excluding carboxylic acids is 1. The van der Waals surface area contributed by atoms with Crippen molar-refractivity contribution in [1.82, 2.24) is 4.90 Å². The zero-order chi connectivity index (χ0) is 16.8. The largest absolute Gasteiger partial charge is 0.365 e. The van der Waals surface area contributed by atoms with Crippen LogP contribution in [0.1, 0.15) is 32.1 Å². The molecule has 24 heavy (non-hydrogen) atoms. The molecular formula is C17H20FN3O3. The van der Waals surface area contributed by atoms with E-state index in [4.69, 9.17) is 0 Å². The molecule has 6 nitrogen and oxygen atoms in total. The number of anilines is 1. The summed E-state index contributed by atoms with van der Waals surface area (Å²) in [5, 5.41) is 11.3. The Labute approximate surface area is 139 Å². The predicted octanol–water partition coefficient (Wildman–Crippen LogP) is 2.71. The second-order valence-corrected chi connectivity index (χ2v) is 7.02. The molecule has 0 bridgehead atoms. The third kappa shape index (κ3) is 2.61. The number of piperidine rings is 2. The lowest BCUT2D eigenvalue weighted by Gasteiger charge is -2.47. The summed E-state index contributed by atoms with van der Waals surface area (Å²) in [7, 11) is 0. The summed E-state index contributed by atoms with van der Waals surface area (Å²) in [6, 6.07) is 4.26. The number of halogens is 1. The first-order valence-corrected chi connectivity index (χ1v) is 8.54. The molecule has 2 heterocycles. The average molecular weight is 333 g/mol. The van der Waals surface area contributed by atoms with Crippen LogP contribution < -0.4 is 4.90 Å². The van der Waals surface area contributed by atoms with Crippen molar-refractivity contribution in [3.8, 4) is 0 Å². The lowest BCUT2D eigenvalue weighted by molar-refractivity contribution is -0.384. The van der Waals surface area contributed by atoms with E-state index >= 15 is 0 Å². The molecule has 1 aromatic carbocycles. The fraction of sp³-hybridized carbons (Fsp3) is 0.588. The van der Waals surface area contributed by atoms with Crippen molar-refractivity contribution in [2.75, 3.05) is 18.0 Å². The molecule has 0 radical (unpaired) electrons. The molecule has 2 atom stereocenters. The number of hydrogen-bond donors (Lipinski definition) is 0. The summed E-state index contributed by atoms with van der Waals surface area (Å²) in [5.74, 6) is 0.0972. The highest BCUT2D eigenvalue weighted by atomic mass is 19.1. The van der Waals surface area contributed by atoms with Crippen LogP contribution in [0.2, 0.25) is 0 Å². The van der Waals surface area contributed by atoms with E-state index in [-0.39, 0.29) is 17.6 Å². The molecular weight excluding hydrogens is 313 g/mol. The molecule has 3 fully saturated rings. The van der Waals surface area contributed by atoms with Crippen LogP contribution in [0, 0.1) is 21.8 Å². The summed E-state index contributed by atoms with van der Waals surface area (Å²) < 4.78 is 13.6. The smallest absolute Gasteiger partial charge is 0.292 e. The summed E-state index contributed by atoms with van der Waals surface area (Å²) in [6.07, 6.45) is 4.34. The lowest BCUT2D eigenvalue weighted by atomic mass is 9.83. The van der Waals surface area contributed by atoms with Gasteiger partial charge in [0.2, 0.25) is 5.91 Å². The first-order chi connectivity index (χ1) is 11.5. The first kappa shape index (κ1) is 15.4. The highest BCUT2D eigenvalue weighted by Gasteiger charge is 2.45. The number of hydrogen-bond acceptors (Lipinski definition) is 4. The Kier molecular flexibility index (Phi) is 3.66. The Morgan fingerprint density at radius 3 is 2.71 bits per heavy atom. The van der Waals surface area contributed by atoms with Crippen LogP contribution >= 0.6 is 0 Å². The normalized spacial score (nSPS) is 27.1. The SMILES string of the molecule is O=C1CC[C@H]2CN(c3cc(F)ccc3[N+](=O)[O-])CC[C@@H]2N1C1CC1. The van der Waals surface area contributed by atoms with Gasteiger partial charge in [-0.1, -0.05) is 0 Å². The summed E-state index contributed by atoms with van der Waals surface area (Å²) in [4.78, 5) is 27.0. The minimum atomic E-state index is -0.462. The molecule has 0 unspecified atom stereocenters. The zero-order valence-corrected chi connectivity index (χ0v) is 13.4. The fourth-order valence-electron chi connectivity index (χ4n) is 4.24. The number of nitro groups is 1. The monoisotopic (exact) mass is 333 g/mol. The molecule has 0 N–H and O–H groups in total. The van der Waals surface area contributed by atoms with Crippen LogP contribution in [0.15, 0.2) is 18.2 Å². The van der Waals surface area contributed by atoms with Gasteiger partial charge in [0.05, 0.1) is 4.92 Å². The van der Waals surface area contributed by atoms with E-state index in [0.29, 0.717) is 37.2 Å². The van der Waals surface area contributed by atoms with Crippen molar-refractivity contribution in [2.24, 2.45) is 5.92 Å². The minimum absolute atomic E-state index is 0.0548. The van der Waals surface area contributed by atoms with Crippen LogP contribution in [0.4, 0.5) is 15.8 Å². The van der Waals surface area contributed by atoms with E-state index in [2.05, 4.69) is 4.90 Å². The highest BCUT2D eigenvalue weighted by Crippen LogP contribution is 2.41. The Balaban J connectivity index is 1.58. The van der Waals surface area contributed by atoms with Crippen LogP contribution in [0.25, 0.3) is 0 Å². The van der Waals surface area contributed by atoms with Crippen molar-refractivity contribution in [2.45, 2.75) is 44.2 Å². The van der Waals surface area contributed by atoms with Gasteiger partial charge in [0, 0.05) is 43.7 Å². The second-order valence-electron chi connectivity index (χ2n) is 7.02. The molecule has 7 heteroatoms. The fourth-order valence-corrected chi connectivity index (χ4v) is 4.24. The third-order valence-corrected chi connectivity index (χ3v) is 5.48. The zero-order valence-electron chi connectivity index (χ0n) is 13.4. The van der Waals surface area contributed by atoms with Gasteiger partial charge in [0.1, 0.15) is 11.5 Å². The second kappa shape index (κ2) is 5.72. The van der Waals surface area contributed by atoms with Crippen LogP contribution in [-0.4, -0.2) is 40.9 Å². The topological polar surface area (TPSA) is 66.7 Å². The van der Waals surface area contributed by atoms with E-state index in [1.54, 1.807) is 0 Å². The molecule has 0 spiro atoms. The molecule has 0 aromatic heterocycles. The van der Waals surface area contributed by atoms with Gasteiger partial charge in [-0.2, -0.15) is 0 Å². The molecule has 1 aliphatic carbocycles. The molecule has 3 aliphatic rings. The van der Waals surface area contributed by atoms with Crippen molar-refractivity contribution in [3.05, 3.63) is 34.1 Å². The van der Waals surface area contributed by atoms with E-state index < -0.39 is 10.7 Å². The molecule has 2 saturated heterocycles. The van der Waals surface area contributed by atoms with E-state index in [0.717, 1.165) is 31.7 Å². The summed E-state index contributed by atoms with van der Waals surface area (Å²) in [6.45, 7) is 1.26. The molecule has 1 amide bonds. The maximum absolute atomic E-state index is 13.6. The maximum atomic E-state index is 13.6. The number of amides is 1. The number of likely N-dealkylation sites (tertiary alicyclic amines) is 1. The Hall–Kier alpha value is -2.18. The Bertz CT molecular complexity index is 692. The number of benzene rings is 1. The van der Waals surface area contributed by atoms with Crippen LogP contribution in [0.5, 0.6) is 0 Å². The number of rotatable bonds is 3. The quantitative estimate of drug-likeness (QED) is 0.630. The van der Waals surface area contributed by atoms with Gasteiger partial charge in [0.25, 0.3) is 5.69 Å². The van der Waals surface area contributed by atoms with E-state index in [1.165, 1.54) is 12.1 Å². The predicted molar refractivity (Wildman–Crippen MR) is 86.3 cm³/mol. The Morgan fingerprint density at radius 2 is 2.00 bits per heavy atom. The van der Waals surface area contributed by atoms with Crippen molar-refractivity contribution >= 4 is 17.3 Å². The Morgan fingerprint density at radius 1 is 1.21 bits per heavy atom. The summed E-state index contributed by atoms with van der Waals surface area (Å²) in [5.41, 5.74) is 0.300. The molecule has 2 aliphatic heterocycles. The van der Waals surface area contributed by atoms with Crippen molar-refractivity contribution in [3.63, 3.8) is 0 Å². The van der Waals surface area contributed by atoms with Gasteiger partial charge in [0.15, 0.2) is 0 Å². The molecule has 4 rings (SSSR count). The number of fused-ring (bicyclic) bond motifs is 1. The molecule has 1 aromatic rings. The van der Waals surface area contributed by atoms with E-state index in [9.17, 15) is 19.3 Å². The number of nitrogens with zero attached hydrogens (tertiary/aromatic N) is 3. The maximum Gasteiger partial charge on any atom is 0.292 e.